The van der Waals surface area contributed by atoms with Crippen molar-refractivity contribution in [2.24, 2.45) is 11.5 Å². The van der Waals surface area contributed by atoms with Crippen LogP contribution in [-0.4, -0.2) is 19.0 Å². The summed E-state index contributed by atoms with van der Waals surface area (Å²) in [5.41, 5.74) is 12.8. The molecule has 2 rings (SSSR count). The molecule has 0 spiro atoms. The minimum Gasteiger partial charge on any atom is -0.494 e. The Labute approximate surface area is 156 Å². The number of ether oxygens (including phenoxy) is 2. The highest BCUT2D eigenvalue weighted by atomic mass is 16.5. The molecular formula is C21H31N3O2. The van der Waals surface area contributed by atoms with Gasteiger partial charge in [-0.1, -0.05) is 26.0 Å². The normalized spacial score (nSPS) is 9.81. The van der Waals surface area contributed by atoms with Gasteiger partial charge in [0.25, 0.3) is 0 Å². The van der Waals surface area contributed by atoms with Crippen LogP contribution in [0.2, 0.25) is 0 Å². The summed E-state index contributed by atoms with van der Waals surface area (Å²) in [6.07, 6.45) is 3.02. The molecule has 0 radical (unpaired) electrons. The van der Waals surface area contributed by atoms with E-state index in [1.807, 2.05) is 50.2 Å². The second kappa shape index (κ2) is 12.8. The van der Waals surface area contributed by atoms with Crippen molar-refractivity contribution in [1.29, 1.82) is 5.41 Å². The van der Waals surface area contributed by atoms with Crippen LogP contribution in [0.1, 0.15) is 44.2 Å². The summed E-state index contributed by atoms with van der Waals surface area (Å²) < 4.78 is 11.4. The van der Waals surface area contributed by atoms with Gasteiger partial charge < -0.3 is 20.9 Å². The van der Waals surface area contributed by atoms with Crippen molar-refractivity contribution in [2.75, 3.05) is 13.2 Å². The molecule has 0 heterocycles. The van der Waals surface area contributed by atoms with Gasteiger partial charge in [-0.15, -0.1) is 0 Å². The lowest BCUT2D eigenvalue weighted by Crippen LogP contribution is -2.10. The summed E-state index contributed by atoms with van der Waals surface area (Å²) >= 11 is 0. The Morgan fingerprint density at radius 3 is 1.69 bits per heavy atom. The molecule has 142 valence electrons. The number of amidine groups is 1. The lowest BCUT2D eigenvalue weighted by Gasteiger charge is -2.08. The molecule has 5 N–H and O–H groups in total. The standard InChI is InChI=1S/C19H25N3O2.C2H6/c20-14-15-4-8-17(9-5-15)23-12-2-1-3-13-24-18-10-6-16(7-11-18)19(21)22;1-2/h4-11H,1-3,12-14,20H2,(H3,21,22);1-2H3. The average Bonchev–Trinajstić information content (AvgIpc) is 2.69. The molecule has 0 atom stereocenters. The number of rotatable bonds is 10. The summed E-state index contributed by atoms with van der Waals surface area (Å²) in [4.78, 5) is 0. The number of nitrogen functional groups attached to an aromatic ring is 1. The van der Waals surface area contributed by atoms with Crippen LogP contribution in [0.5, 0.6) is 11.5 Å². The van der Waals surface area contributed by atoms with Crippen molar-refractivity contribution in [3.8, 4) is 11.5 Å². The van der Waals surface area contributed by atoms with Gasteiger partial charge in [0.15, 0.2) is 0 Å². The van der Waals surface area contributed by atoms with Gasteiger partial charge in [0, 0.05) is 12.1 Å². The zero-order valence-corrected chi connectivity index (χ0v) is 15.8. The minimum atomic E-state index is 0.0687. The molecule has 2 aromatic carbocycles. The minimum absolute atomic E-state index is 0.0687. The van der Waals surface area contributed by atoms with E-state index >= 15 is 0 Å². The van der Waals surface area contributed by atoms with Gasteiger partial charge in [0.2, 0.25) is 0 Å². The van der Waals surface area contributed by atoms with E-state index < -0.39 is 0 Å². The number of nitrogens with one attached hydrogen (secondary N) is 1. The fourth-order valence-electron chi connectivity index (χ4n) is 2.21. The third-order valence-electron chi connectivity index (χ3n) is 3.65. The summed E-state index contributed by atoms with van der Waals surface area (Å²) in [6, 6.07) is 15.1. The molecule has 0 aliphatic heterocycles. The lowest BCUT2D eigenvalue weighted by molar-refractivity contribution is 0.279. The van der Waals surface area contributed by atoms with Gasteiger partial charge in [-0.2, -0.15) is 0 Å². The molecule has 0 aromatic heterocycles. The van der Waals surface area contributed by atoms with Crippen molar-refractivity contribution < 1.29 is 9.47 Å². The Kier molecular flexibility index (Phi) is 10.6. The summed E-state index contributed by atoms with van der Waals surface area (Å²) in [5, 5.41) is 7.34. The molecule has 0 bridgehead atoms. The van der Waals surface area contributed by atoms with E-state index in [1.165, 1.54) is 0 Å². The molecule has 0 aliphatic rings. The first-order valence-electron chi connectivity index (χ1n) is 9.18. The van der Waals surface area contributed by atoms with Crippen LogP contribution < -0.4 is 20.9 Å². The number of benzene rings is 2. The van der Waals surface area contributed by atoms with Crippen LogP contribution in [0.25, 0.3) is 0 Å². The third kappa shape index (κ3) is 8.03. The first-order valence-corrected chi connectivity index (χ1v) is 9.18. The maximum Gasteiger partial charge on any atom is 0.122 e. The van der Waals surface area contributed by atoms with E-state index in [-0.39, 0.29) is 5.84 Å². The monoisotopic (exact) mass is 357 g/mol. The SMILES string of the molecule is CC.N=C(N)c1ccc(OCCCCCOc2ccc(CN)cc2)cc1. The Hall–Kier alpha value is -2.53. The van der Waals surface area contributed by atoms with Crippen molar-refractivity contribution in [3.63, 3.8) is 0 Å². The molecule has 0 aliphatic carbocycles. The molecule has 5 heteroatoms. The Balaban J connectivity index is 0.00000163. The average molecular weight is 357 g/mol. The van der Waals surface area contributed by atoms with E-state index in [2.05, 4.69) is 0 Å². The first kappa shape index (κ1) is 21.5. The maximum atomic E-state index is 7.34. The summed E-state index contributed by atoms with van der Waals surface area (Å²) in [6.45, 7) is 5.93. The molecule has 0 saturated heterocycles. The van der Waals surface area contributed by atoms with E-state index in [0.29, 0.717) is 25.3 Å². The van der Waals surface area contributed by atoms with Gasteiger partial charge in [0.1, 0.15) is 17.3 Å². The highest BCUT2D eigenvalue weighted by Gasteiger charge is 1.98. The van der Waals surface area contributed by atoms with E-state index in [1.54, 1.807) is 12.1 Å². The number of nitrogens with two attached hydrogens (primary N) is 2. The predicted octanol–water partition coefficient (Wildman–Crippen LogP) is 4.08. The Morgan fingerprint density at radius 1 is 0.808 bits per heavy atom. The van der Waals surface area contributed by atoms with Gasteiger partial charge in [-0.3, -0.25) is 5.41 Å². The Bertz CT molecular complexity index is 625. The zero-order valence-electron chi connectivity index (χ0n) is 15.8. The van der Waals surface area contributed by atoms with Crippen molar-refractivity contribution >= 4 is 5.84 Å². The number of hydrogen-bond acceptors (Lipinski definition) is 4. The second-order valence-electron chi connectivity index (χ2n) is 5.54. The molecule has 26 heavy (non-hydrogen) atoms. The van der Waals surface area contributed by atoms with Crippen LogP contribution in [-0.2, 0) is 6.54 Å². The summed E-state index contributed by atoms with van der Waals surface area (Å²) in [5.74, 6) is 1.75. The second-order valence-corrected chi connectivity index (χ2v) is 5.54. The molecule has 0 fully saturated rings. The predicted molar refractivity (Wildman–Crippen MR) is 108 cm³/mol. The number of unbranched alkanes of at least 4 members (excludes halogenated alkanes) is 2. The molecular weight excluding hydrogens is 326 g/mol. The highest BCUT2D eigenvalue weighted by molar-refractivity contribution is 5.94. The van der Waals surface area contributed by atoms with Crippen LogP contribution in [0.3, 0.4) is 0 Å². The summed E-state index contributed by atoms with van der Waals surface area (Å²) in [7, 11) is 0. The van der Waals surface area contributed by atoms with Crippen molar-refractivity contribution in [3.05, 3.63) is 59.7 Å². The maximum absolute atomic E-state index is 7.34. The highest BCUT2D eigenvalue weighted by Crippen LogP contribution is 2.14. The smallest absolute Gasteiger partial charge is 0.122 e. The molecule has 2 aromatic rings. The Morgan fingerprint density at radius 2 is 1.27 bits per heavy atom. The van der Waals surface area contributed by atoms with Gasteiger partial charge in [0.05, 0.1) is 13.2 Å². The molecule has 0 amide bonds. The lowest BCUT2D eigenvalue weighted by atomic mass is 10.2. The van der Waals surface area contributed by atoms with Crippen LogP contribution >= 0.6 is 0 Å². The number of hydrogen-bond donors (Lipinski definition) is 3. The topological polar surface area (TPSA) is 94.4 Å². The van der Waals surface area contributed by atoms with Gasteiger partial charge in [-0.25, -0.2) is 0 Å². The van der Waals surface area contributed by atoms with Crippen molar-refractivity contribution in [2.45, 2.75) is 39.7 Å². The fraction of sp³-hybridized carbons (Fsp3) is 0.381. The van der Waals surface area contributed by atoms with Crippen LogP contribution in [0.15, 0.2) is 48.5 Å². The zero-order chi connectivity index (χ0) is 19.2. The third-order valence-corrected chi connectivity index (χ3v) is 3.65. The largest absolute Gasteiger partial charge is 0.494 e. The van der Waals surface area contributed by atoms with Crippen LogP contribution in [0.4, 0.5) is 0 Å². The van der Waals surface area contributed by atoms with E-state index in [4.69, 9.17) is 26.4 Å². The van der Waals surface area contributed by atoms with Crippen molar-refractivity contribution in [1.82, 2.24) is 0 Å². The molecule has 0 saturated carbocycles. The first-order chi connectivity index (χ1) is 12.7. The fourth-order valence-corrected chi connectivity index (χ4v) is 2.21. The quantitative estimate of drug-likeness (QED) is 0.339. The van der Waals surface area contributed by atoms with Gasteiger partial charge >= 0.3 is 0 Å². The van der Waals surface area contributed by atoms with E-state index in [0.717, 1.165) is 36.3 Å². The van der Waals surface area contributed by atoms with Gasteiger partial charge in [-0.05, 0) is 61.2 Å². The van der Waals surface area contributed by atoms with Crippen LogP contribution in [0, 0.1) is 5.41 Å². The molecule has 0 unspecified atom stereocenters. The van der Waals surface area contributed by atoms with E-state index in [9.17, 15) is 0 Å². The molecule has 5 nitrogen and oxygen atoms in total.